The lowest BCUT2D eigenvalue weighted by atomic mass is 10.2. The van der Waals surface area contributed by atoms with Gasteiger partial charge in [-0.15, -0.1) is 10.2 Å². The molecule has 10 heteroatoms. The maximum atomic E-state index is 12.2. The molecule has 1 aromatic heterocycles. The predicted octanol–water partition coefficient (Wildman–Crippen LogP) is 5.23. The van der Waals surface area contributed by atoms with Gasteiger partial charge in [-0.1, -0.05) is 28.1 Å². The van der Waals surface area contributed by atoms with Gasteiger partial charge in [0.05, 0.1) is 10.4 Å². The number of carbonyl (C=O) groups excluding carboxylic acids is 1. The van der Waals surface area contributed by atoms with Crippen LogP contribution in [-0.2, 0) is 0 Å². The third kappa shape index (κ3) is 3.30. The first kappa shape index (κ1) is 17.2. The van der Waals surface area contributed by atoms with Crippen molar-refractivity contribution in [1.29, 1.82) is 0 Å². The highest BCUT2D eigenvalue weighted by Crippen LogP contribution is 2.40. The first-order valence-corrected chi connectivity index (χ1v) is 8.36. The zero-order valence-corrected chi connectivity index (χ0v) is 15.4. The quantitative estimate of drug-likeness (QED) is 0.311. The monoisotopic (exact) mass is 466 g/mol. The first-order valence-electron chi connectivity index (χ1n) is 6.77. The van der Waals surface area contributed by atoms with Crippen molar-refractivity contribution >= 4 is 60.0 Å². The fraction of sp³-hybridized carbons (Fsp3) is 0. The van der Waals surface area contributed by atoms with Crippen molar-refractivity contribution in [3.05, 3.63) is 61.0 Å². The van der Waals surface area contributed by atoms with Crippen LogP contribution in [0.25, 0.3) is 10.9 Å². The first-order chi connectivity index (χ1) is 11.9. The Morgan fingerprint density at radius 2 is 1.96 bits per heavy atom. The van der Waals surface area contributed by atoms with Crippen LogP contribution in [0, 0.1) is 10.1 Å². The molecule has 0 aliphatic rings. The van der Waals surface area contributed by atoms with Gasteiger partial charge in [0, 0.05) is 20.4 Å². The number of halogens is 2. The molecule has 0 fully saturated rings. The van der Waals surface area contributed by atoms with E-state index in [1.165, 1.54) is 24.3 Å². The summed E-state index contributed by atoms with van der Waals surface area (Å²) >= 11 is 6.68. The van der Waals surface area contributed by atoms with Gasteiger partial charge in [-0.2, -0.15) is 0 Å². The number of aromatic nitrogens is 1. The molecule has 0 spiro atoms. The molecule has 0 aliphatic heterocycles. The summed E-state index contributed by atoms with van der Waals surface area (Å²) in [5.74, 6) is -1.15. The SMILES string of the molecule is O=C(N=Nc1c(O)[nH]c2c(Br)cc(Br)cc12)c1ccccc1[N+](=O)[O-]. The van der Waals surface area contributed by atoms with Gasteiger partial charge < -0.3 is 10.1 Å². The molecule has 8 nitrogen and oxygen atoms in total. The lowest BCUT2D eigenvalue weighted by Crippen LogP contribution is -2.00. The molecule has 1 heterocycles. The van der Waals surface area contributed by atoms with Crippen LogP contribution in [0.15, 0.2) is 55.6 Å². The number of H-pyrrole nitrogens is 1. The van der Waals surface area contributed by atoms with Crippen molar-refractivity contribution in [3.8, 4) is 5.88 Å². The smallest absolute Gasteiger partial charge is 0.302 e. The van der Waals surface area contributed by atoms with Crippen molar-refractivity contribution in [1.82, 2.24) is 4.98 Å². The Morgan fingerprint density at radius 1 is 1.24 bits per heavy atom. The number of nitro benzene ring substituents is 1. The number of para-hydroxylation sites is 1. The lowest BCUT2D eigenvalue weighted by Gasteiger charge is -1.98. The Bertz CT molecular complexity index is 1050. The van der Waals surface area contributed by atoms with E-state index in [1.54, 1.807) is 12.1 Å². The molecule has 0 unspecified atom stereocenters. The Kier molecular flexibility index (Phi) is 4.64. The summed E-state index contributed by atoms with van der Waals surface area (Å²) in [4.78, 5) is 25.2. The highest BCUT2D eigenvalue weighted by molar-refractivity contribution is 9.11. The second-order valence-corrected chi connectivity index (χ2v) is 6.68. The number of amides is 1. The van der Waals surface area contributed by atoms with Gasteiger partial charge in [-0.3, -0.25) is 14.9 Å². The number of carbonyl (C=O) groups is 1. The lowest BCUT2D eigenvalue weighted by molar-refractivity contribution is -0.385. The topological polar surface area (TPSA) is 121 Å². The van der Waals surface area contributed by atoms with E-state index in [2.05, 4.69) is 47.1 Å². The number of benzene rings is 2. The van der Waals surface area contributed by atoms with Gasteiger partial charge >= 0.3 is 5.91 Å². The zero-order chi connectivity index (χ0) is 18.1. The maximum Gasteiger partial charge on any atom is 0.302 e. The van der Waals surface area contributed by atoms with E-state index in [0.717, 1.165) is 4.47 Å². The van der Waals surface area contributed by atoms with E-state index in [4.69, 9.17) is 0 Å². The molecule has 0 saturated heterocycles. The summed E-state index contributed by atoms with van der Waals surface area (Å²) in [6.07, 6.45) is 0. The summed E-state index contributed by atoms with van der Waals surface area (Å²) in [7, 11) is 0. The highest BCUT2D eigenvalue weighted by Gasteiger charge is 2.20. The van der Waals surface area contributed by atoms with Gasteiger partial charge in [-0.05, 0) is 34.1 Å². The van der Waals surface area contributed by atoms with Crippen LogP contribution >= 0.6 is 31.9 Å². The molecule has 126 valence electrons. The molecule has 2 aromatic carbocycles. The van der Waals surface area contributed by atoms with Crippen LogP contribution in [0.5, 0.6) is 5.88 Å². The minimum Gasteiger partial charge on any atom is -0.493 e. The second kappa shape index (κ2) is 6.73. The largest absolute Gasteiger partial charge is 0.493 e. The van der Waals surface area contributed by atoms with Crippen molar-refractivity contribution in [2.75, 3.05) is 0 Å². The predicted molar refractivity (Wildman–Crippen MR) is 97.3 cm³/mol. The molecule has 0 aliphatic carbocycles. The number of fused-ring (bicyclic) bond motifs is 1. The number of azo groups is 1. The van der Waals surface area contributed by atoms with Gasteiger partial charge in [0.15, 0.2) is 5.69 Å². The Labute approximate surface area is 157 Å². The second-order valence-electron chi connectivity index (χ2n) is 4.91. The van der Waals surface area contributed by atoms with E-state index in [9.17, 15) is 20.0 Å². The summed E-state index contributed by atoms with van der Waals surface area (Å²) in [5.41, 5.74) is 0.0924. The fourth-order valence-electron chi connectivity index (χ4n) is 2.26. The van der Waals surface area contributed by atoms with Gasteiger partial charge in [-0.25, -0.2) is 0 Å². The number of aromatic amines is 1. The molecule has 2 N–H and O–H groups in total. The van der Waals surface area contributed by atoms with Crippen molar-refractivity contribution in [2.45, 2.75) is 0 Å². The molecule has 3 rings (SSSR count). The Balaban J connectivity index is 2.03. The van der Waals surface area contributed by atoms with Crippen molar-refractivity contribution in [3.63, 3.8) is 0 Å². The van der Waals surface area contributed by atoms with E-state index in [1.807, 2.05) is 0 Å². The zero-order valence-electron chi connectivity index (χ0n) is 12.2. The Morgan fingerprint density at radius 3 is 2.68 bits per heavy atom. The number of nitrogens with one attached hydrogen (secondary N) is 1. The van der Waals surface area contributed by atoms with Crippen LogP contribution in [0.1, 0.15) is 10.4 Å². The molecular formula is C15H8Br2N4O4. The minimum absolute atomic E-state index is 0.0592. The molecule has 3 aromatic rings. The average Bonchev–Trinajstić information content (AvgIpc) is 2.88. The van der Waals surface area contributed by atoms with Crippen LogP contribution in [0.2, 0.25) is 0 Å². The van der Waals surface area contributed by atoms with E-state index in [0.29, 0.717) is 15.4 Å². The van der Waals surface area contributed by atoms with Crippen LogP contribution in [0.3, 0.4) is 0 Å². The summed E-state index contributed by atoms with van der Waals surface area (Å²) in [5, 5.41) is 28.8. The molecule has 0 atom stereocenters. The van der Waals surface area contributed by atoms with Gasteiger partial charge in [0.25, 0.3) is 5.69 Å². The van der Waals surface area contributed by atoms with E-state index >= 15 is 0 Å². The highest BCUT2D eigenvalue weighted by atomic mass is 79.9. The third-order valence-corrected chi connectivity index (χ3v) is 4.43. The van der Waals surface area contributed by atoms with E-state index < -0.39 is 10.8 Å². The number of aromatic hydroxyl groups is 1. The number of rotatable bonds is 3. The third-order valence-electron chi connectivity index (χ3n) is 3.35. The normalized spacial score (nSPS) is 11.3. The number of nitro groups is 1. The molecule has 1 amide bonds. The average molecular weight is 468 g/mol. The van der Waals surface area contributed by atoms with Crippen molar-refractivity contribution in [2.24, 2.45) is 10.2 Å². The molecule has 25 heavy (non-hydrogen) atoms. The van der Waals surface area contributed by atoms with Crippen molar-refractivity contribution < 1.29 is 14.8 Å². The van der Waals surface area contributed by atoms with E-state index in [-0.39, 0.29) is 22.8 Å². The number of hydrogen-bond acceptors (Lipinski definition) is 5. The summed E-state index contributed by atoms with van der Waals surface area (Å²) < 4.78 is 1.41. The Hall–Kier alpha value is -2.59. The molecule has 0 radical (unpaired) electrons. The number of nitrogens with zero attached hydrogens (tertiary/aromatic N) is 3. The molecule has 0 saturated carbocycles. The molecular weight excluding hydrogens is 460 g/mol. The van der Waals surface area contributed by atoms with Crippen LogP contribution < -0.4 is 0 Å². The molecule has 0 bridgehead atoms. The fourth-order valence-corrected chi connectivity index (χ4v) is 3.58. The number of hydrogen-bond donors (Lipinski definition) is 2. The van der Waals surface area contributed by atoms with Crippen LogP contribution in [-0.4, -0.2) is 20.9 Å². The summed E-state index contributed by atoms with van der Waals surface area (Å²) in [6.45, 7) is 0. The summed E-state index contributed by atoms with van der Waals surface area (Å²) in [6, 6.07) is 8.92. The maximum absolute atomic E-state index is 12.2. The van der Waals surface area contributed by atoms with Crippen LogP contribution in [0.4, 0.5) is 11.4 Å². The van der Waals surface area contributed by atoms with Gasteiger partial charge in [0.1, 0.15) is 5.56 Å². The standard InChI is InChI=1S/C15H8Br2N4O4/c16-7-5-9-12(10(17)6-7)18-15(23)13(9)19-20-14(22)8-3-1-2-4-11(8)21(24)25/h1-6,18,23H. The van der Waals surface area contributed by atoms with Gasteiger partial charge in [0.2, 0.25) is 5.88 Å². The minimum atomic E-state index is -0.880.